The maximum atomic E-state index is 12.3. The molecule has 2 aromatic rings. The molecule has 0 bridgehead atoms. The lowest BCUT2D eigenvalue weighted by Gasteiger charge is -2.20. The second-order valence-corrected chi connectivity index (χ2v) is 6.09. The van der Waals surface area contributed by atoms with Gasteiger partial charge in [-0.15, -0.1) is 0 Å². The molecule has 0 saturated heterocycles. The van der Waals surface area contributed by atoms with Gasteiger partial charge in [-0.05, 0) is 54.4 Å². The predicted molar refractivity (Wildman–Crippen MR) is 95.3 cm³/mol. The Hall–Kier alpha value is -2.69. The molecule has 1 heterocycles. The summed E-state index contributed by atoms with van der Waals surface area (Å²) in [6.45, 7) is 3.09. The van der Waals surface area contributed by atoms with Crippen LogP contribution in [0.1, 0.15) is 11.1 Å². The molecule has 2 aromatic carbocycles. The van der Waals surface area contributed by atoms with Gasteiger partial charge in [0.05, 0.1) is 6.42 Å². The van der Waals surface area contributed by atoms with E-state index in [1.807, 2.05) is 62.3 Å². The third-order valence-corrected chi connectivity index (χ3v) is 4.02. The van der Waals surface area contributed by atoms with Crippen LogP contribution in [-0.2, 0) is 11.2 Å². The minimum absolute atomic E-state index is 0.0487. The first kappa shape index (κ1) is 16.2. The van der Waals surface area contributed by atoms with Crippen molar-refractivity contribution >= 4 is 17.3 Å². The van der Waals surface area contributed by atoms with Crippen molar-refractivity contribution in [3.05, 3.63) is 47.5 Å². The zero-order valence-electron chi connectivity index (χ0n) is 14.3. The van der Waals surface area contributed by atoms with E-state index in [0.717, 1.165) is 28.3 Å². The van der Waals surface area contributed by atoms with E-state index in [9.17, 15) is 4.79 Å². The third kappa shape index (κ3) is 3.62. The summed E-state index contributed by atoms with van der Waals surface area (Å²) < 4.78 is 11.2. The lowest BCUT2D eigenvalue weighted by molar-refractivity contribution is -0.115. The summed E-state index contributed by atoms with van der Waals surface area (Å²) in [6, 6.07) is 11.6. The Kier molecular flexibility index (Phi) is 4.60. The number of amides is 1. The summed E-state index contributed by atoms with van der Waals surface area (Å²) >= 11 is 0. The first-order chi connectivity index (χ1) is 11.5. The van der Waals surface area contributed by atoms with Gasteiger partial charge >= 0.3 is 0 Å². The molecule has 0 unspecified atom stereocenters. The van der Waals surface area contributed by atoms with E-state index < -0.39 is 0 Å². The second-order valence-electron chi connectivity index (χ2n) is 6.09. The van der Waals surface area contributed by atoms with Crippen LogP contribution in [0, 0.1) is 6.92 Å². The number of carbonyl (C=O) groups is 1. The summed E-state index contributed by atoms with van der Waals surface area (Å²) in [6.07, 6.45) is 0.303. The molecule has 0 saturated carbocycles. The Morgan fingerprint density at radius 2 is 1.71 bits per heavy atom. The van der Waals surface area contributed by atoms with Crippen LogP contribution in [-0.4, -0.2) is 33.2 Å². The van der Waals surface area contributed by atoms with Gasteiger partial charge in [0.15, 0.2) is 11.5 Å². The number of hydrogen-bond donors (Lipinski definition) is 1. The van der Waals surface area contributed by atoms with Gasteiger partial charge in [0.2, 0.25) is 5.91 Å². The molecule has 0 spiro atoms. The van der Waals surface area contributed by atoms with Crippen LogP contribution >= 0.6 is 0 Å². The lowest BCUT2D eigenvalue weighted by Crippen LogP contribution is -2.18. The quantitative estimate of drug-likeness (QED) is 0.938. The number of aryl methyl sites for hydroxylation is 1. The average Bonchev–Trinajstić information content (AvgIpc) is 2.56. The molecule has 0 fully saturated rings. The highest BCUT2D eigenvalue weighted by Crippen LogP contribution is 2.33. The van der Waals surface area contributed by atoms with Gasteiger partial charge < -0.3 is 19.7 Å². The van der Waals surface area contributed by atoms with Crippen molar-refractivity contribution in [2.24, 2.45) is 0 Å². The molecule has 1 N–H and O–H groups in total. The summed E-state index contributed by atoms with van der Waals surface area (Å²) in [4.78, 5) is 14.3. The van der Waals surface area contributed by atoms with Crippen molar-refractivity contribution in [3.63, 3.8) is 0 Å². The number of benzene rings is 2. The third-order valence-electron chi connectivity index (χ3n) is 4.02. The molecule has 0 radical (unpaired) electrons. The Labute approximate surface area is 142 Å². The Morgan fingerprint density at radius 3 is 2.33 bits per heavy atom. The van der Waals surface area contributed by atoms with Gasteiger partial charge in [-0.2, -0.15) is 0 Å². The minimum atomic E-state index is -0.0487. The van der Waals surface area contributed by atoms with Crippen LogP contribution in [0.5, 0.6) is 11.5 Å². The first-order valence-corrected chi connectivity index (χ1v) is 7.99. The van der Waals surface area contributed by atoms with Crippen LogP contribution in [0.4, 0.5) is 11.4 Å². The molecular formula is C19H22N2O3. The average molecular weight is 326 g/mol. The maximum Gasteiger partial charge on any atom is 0.228 e. The Balaban J connectivity index is 1.68. The van der Waals surface area contributed by atoms with E-state index in [2.05, 4.69) is 5.32 Å². The zero-order chi connectivity index (χ0) is 17.1. The van der Waals surface area contributed by atoms with E-state index in [1.54, 1.807) is 0 Å². The molecule has 5 nitrogen and oxygen atoms in total. The summed E-state index contributed by atoms with van der Waals surface area (Å²) in [5, 5.41) is 2.93. The summed E-state index contributed by atoms with van der Waals surface area (Å²) in [5.74, 6) is 1.42. The minimum Gasteiger partial charge on any atom is -0.486 e. The van der Waals surface area contributed by atoms with E-state index in [-0.39, 0.29) is 5.91 Å². The Morgan fingerprint density at radius 1 is 1.08 bits per heavy atom. The number of fused-ring (bicyclic) bond motifs is 1. The number of nitrogens with one attached hydrogen (secondary N) is 1. The number of anilines is 2. The van der Waals surface area contributed by atoms with Crippen molar-refractivity contribution in [1.29, 1.82) is 0 Å². The first-order valence-electron chi connectivity index (χ1n) is 7.99. The van der Waals surface area contributed by atoms with Gasteiger partial charge in [0.1, 0.15) is 13.2 Å². The summed E-state index contributed by atoms with van der Waals surface area (Å²) in [7, 11) is 3.97. The van der Waals surface area contributed by atoms with Gasteiger partial charge in [0, 0.05) is 25.5 Å². The normalized spacial score (nSPS) is 12.6. The molecule has 0 aromatic heterocycles. The van der Waals surface area contributed by atoms with Gasteiger partial charge in [-0.3, -0.25) is 4.79 Å². The number of nitrogens with zero attached hydrogens (tertiary/aromatic N) is 1. The van der Waals surface area contributed by atoms with Crippen LogP contribution in [0.15, 0.2) is 36.4 Å². The van der Waals surface area contributed by atoms with E-state index in [1.165, 1.54) is 0 Å². The zero-order valence-corrected chi connectivity index (χ0v) is 14.3. The van der Waals surface area contributed by atoms with Crippen molar-refractivity contribution < 1.29 is 14.3 Å². The fraction of sp³-hybridized carbons (Fsp3) is 0.316. The van der Waals surface area contributed by atoms with Crippen molar-refractivity contribution in [2.45, 2.75) is 13.3 Å². The fourth-order valence-corrected chi connectivity index (χ4v) is 2.64. The molecule has 3 rings (SSSR count). The largest absolute Gasteiger partial charge is 0.486 e. The maximum absolute atomic E-state index is 12.3. The van der Waals surface area contributed by atoms with Gasteiger partial charge in [0.25, 0.3) is 0 Å². The molecule has 126 valence electrons. The Bertz CT molecular complexity index is 739. The molecule has 1 aliphatic heterocycles. The molecule has 1 amide bonds. The fourth-order valence-electron chi connectivity index (χ4n) is 2.64. The predicted octanol–water partition coefficient (Wildman–Crippen LogP) is 3.01. The van der Waals surface area contributed by atoms with E-state index in [0.29, 0.717) is 25.4 Å². The van der Waals surface area contributed by atoms with Crippen molar-refractivity contribution in [3.8, 4) is 11.5 Å². The van der Waals surface area contributed by atoms with Crippen LogP contribution in [0.25, 0.3) is 0 Å². The second kappa shape index (κ2) is 6.83. The highest BCUT2D eigenvalue weighted by Gasteiger charge is 2.16. The molecule has 0 atom stereocenters. The smallest absolute Gasteiger partial charge is 0.228 e. The number of ether oxygens (including phenoxy) is 2. The monoisotopic (exact) mass is 326 g/mol. The molecule has 1 aliphatic rings. The lowest BCUT2D eigenvalue weighted by atomic mass is 10.0. The van der Waals surface area contributed by atoms with Crippen molar-refractivity contribution in [1.82, 2.24) is 0 Å². The molecule has 5 heteroatoms. The molecule has 0 aliphatic carbocycles. The summed E-state index contributed by atoms with van der Waals surface area (Å²) in [5.41, 5.74) is 3.86. The van der Waals surface area contributed by atoms with Crippen LogP contribution in [0.2, 0.25) is 0 Å². The van der Waals surface area contributed by atoms with Crippen LogP contribution in [0.3, 0.4) is 0 Å². The SMILES string of the molecule is Cc1cc2c(cc1CC(=O)Nc1ccc(N(C)C)cc1)OCCO2. The van der Waals surface area contributed by atoms with Crippen LogP contribution < -0.4 is 19.7 Å². The van der Waals surface area contributed by atoms with E-state index in [4.69, 9.17) is 9.47 Å². The number of hydrogen-bond acceptors (Lipinski definition) is 4. The van der Waals surface area contributed by atoms with E-state index >= 15 is 0 Å². The molecule has 24 heavy (non-hydrogen) atoms. The highest BCUT2D eigenvalue weighted by atomic mass is 16.6. The highest BCUT2D eigenvalue weighted by molar-refractivity contribution is 5.92. The molecular weight excluding hydrogens is 304 g/mol. The van der Waals surface area contributed by atoms with Gasteiger partial charge in [-0.1, -0.05) is 0 Å². The number of carbonyl (C=O) groups excluding carboxylic acids is 1. The van der Waals surface area contributed by atoms with Crippen molar-refractivity contribution in [2.75, 3.05) is 37.5 Å². The van der Waals surface area contributed by atoms with Gasteiger partial charge in [-0.25, -0.2) is 0 Å². The topological polar surface area (TPSA) is 50.8 Å². The number of rotatable bonds is 4. The standard InChI is InChI=1S/C19H22N2O3/c1-13-10-17-18(24-9-8-23-17)11-14(13)12-19(22)20-15-4-6-16(7-5-15)21(2)3/h4-7,10-11H,8-9,12H2,1-3H3,(H,20,22).